The van der Waals surface area contributed by atoms with E-state index in [2.05, 4.69) is 37.1 Å². The zero-order valence-corrected chi connectivity index (χ0v) is 19.7. The van der Waals surface area contributed by atoms with Gasteiger partial charge in [-0.1, -0.05) is 45.0 Å². The number of aromatic nitrogens is 1. The number of nitrogens with zero attached hydrogens (tertiary/aromatic N) is 1. The van der Waals surface area contributed by atoms with Crippen molar-refractivity contribution >= 4 is 11.9 Å². The van der Waals surface area contributed by atoms with Crippen molar-refractivity contribution in [3.05, 3.63) is 53.2 Å². The van der Waals surface area contributed by atoms with E-state index in [4.69, 9.17) is 14.3 Å². The summed E-state index contributed by atoms with van der Waals surface area (Å²) in [5.74, 6) is -0.262. The zero-order chi connectivity index (χ0) is 23.6. The minimum absolute atomic E-state index is 0.00703. The normalized spacial score (nSPS) is 24.2. The van der Waals surface area contributed by atoms with Crippen LogP contribution in [0.25, 0.3) is 0 Å². The molecule has 2 saturated heterocycles. The highest BCUT2D eigenvalue weighted by atomic mass is 16.5. The van der Waals surface area contributed by atoms with Gasteiger partial charge >= 0.3 is 5.97 Å². The molecule has 1 amide bonds. The molecule has 4 rings (SSSR count). The standard InChI is InChI=1S/C26H34N2O5/c1-26(2,3)12-13-27-24(31)19-15-32-25(28-19)23-18(20-9-10-21(23)33-20)14-17-7-5-4-6-16(17)8-11-22(29)30/h4-7,15,18,20-21,23H,8-14H2,1-3H3,(H,27,31)(H,29,30). The maximum absolute atomic E-state index is 12.5. The van der Waals surface area contributed by atoms with E-state index in [-0.39, 0.29) is 41.8 Å². The van der Waals surface area contributed by atoms with Crippen molar-refractivity contribution in [1.29, 1.82) is 0 Å². The van der Waals surface area contributed by atoms with Crippen molar-refractivity contribution in [3.63, 3.8) is 0 Å². The number of carboxylic acid groups (broad SMARTS) is 1. The van der Waals surface area contributed by atoms with Crippen LogP contribution in [0.3, 0.4) is 0 Å². The van der Waals surface area contributed by atoms with Crippen LogP contribution in [-0.4, -0.2) is 40.7 Å². The molecule has 33 heavy (non-hydrogen) atoms. The molecule has 4 atom stereocenters. The number of amides is 1. The Balaban J connectivity index is 1.47. The Labute approximate surface area is 194 Å². The van der Waals surface area contributed by atoms with E-state index in [1.807, 2.05) is 18.2 Å². The third-order valence-corrected chi connectivity index (χ3v) is 6.81. The Kier molecular flexibility index (Phi) is 6.88. The average molecular weight is 455 g/mol. The van der Waals surface area contributed by atoms with E-state index in [1.54, 1.807) is 0 Å². The number of rotatable bonds is 9. The van der Waals surface area contributed by atoms with Gasteiger partial charge in [-0.25, -0.2) is 4.98 Å². The van der Waals surface area contributed by atoms with Crippen LogP contribution in [-0.2, 0) is 22.4 Å². The Morgan fingerprint density at radius 3 is 2.61 bits per heavy atom. The highest BCUT2D eigenvalue weighted by Crippen LogP contribution is 2.50. The lowest BCUT2D eigenvalue weighted by Crippen LogP contribution is -2.29. The van der Waals surface area contributed by atoms with Crippen LogP contribution in [0.4, 0.5) is 0 Å². The van der Waals surface area contributed by atoms with E-state index in [9.17, 15) is 9.59 Å². The first-order chi connectivity index (χ1) is 15.7. The summed E-state index contributed by atoms with van der Waals surface area (Å²) in [6, 6.07) is 8.03. The number of carbonyl (C=O) groups is 2. The molecule has 2 bridgehead atoms. The minimum Gasteiger partial charge on any atom is -0.481 e. The maximum atomic E-state index is 12.5. The number of aliphatic carboxylic acids is 1. The molecule has 7 nitrogen and oxygen atoms in total. The van der Waals surface area contributed by atoms with Crippen LogP contribution >= 0.6 is 0 Å². The molecule has 0 spiro atoms. The summed E-state index contributed by atoms with van der Waals surface area (Å²) >= 11 is 0. The topological polar surface area (TPSA) is 102 Å². The van der Waals surface area contributed by atoms with Gasteiger partial charge in [-0.05, 0) is 48.6 Å². The third-order valence-electron chi connectivity index (χ3n) is 6.81. The van der Waals surface area contributed by atoms with Crippen LogP contribution in [0.5, 0.6) is 0 Å². The Hall–Kier alpha value is -2.67. The predicted octanol–water partition coefficient (Wildman–Crippen LogP) is 4.36. The summed E-state index contributed by atoms with van der Waals surface area (Å²) in [4.78, 5) is 28.2. The van der Waals surface area contributed by atoms with Crippen molar-refractivity contribution in [2.45, 2.75) is 77.4 Å². The first kappa shape index (κ1) is 23.5. The molecule has 4 unspecified atom stereocenters. The molecule has 0 radical (unpaired) electrons. The number of fused-ring (bicyclic) bond motifs is 2. The molecule has 0 aliphatic carbocycles. The summed E-state index contributed by atoms with van der Waals surface area (Å²) < 4.78 is 12.1. The number of hydrogen-bond donors (Lipinski definition) is 2. The van der Waals surface area contributed by atoms with Crippen molar-refractivity contribution in [1.82, 2.24) is 10.3 Å². The fourth-order valence-corrected chi connectivity index (χ4v) is 5.06. The molecular weight excluding hydrogens is 420 g/mol. The summed E-state index contributed by atoms with van der Waals surface area (Å²) in [7, 11) is 0. The van der Waals surface area contributed by atoms with Gasteiger partial charge in [0, 0.05) is 18.9 Å². The SMILES string of the molecule is CC(C)(C)CCNC(=O)c1coc(C2C3CCC(O3)C2Cc2ccccc2CCC(=O)O)n1. The smallest absolute Gasteiger partial charge is 0.303 e. The number of carboxylic acids is 1. The van der Waals surface area contributed by atoms with E-state index in [1.165, 1.54) is 6.26 Å². The third kappa shape index (κ3) is 5.64. The molecule has 178 valence electrons. The first-order valence-corrected chi connectivity index (χ1v) is 11.9. The predicted molar refractivity (Wildman–Crippen MR) is 123 cm³/mol. The van der Waals surface area contributed by atoms with E-state index in [0.29, 0.717) is 24.6 Å². The van der Waals surface area contributed by atoms with Gasteiger partial charge in [0.2, 0.25) is 5.89 Å². The van der Waals surface area contributed by atoms with Gasteiger partial charge < -0.3 is 19.6 Å². The van der Waals surface area contributed by atoms with Gasteiger partial charge in [0.25, 0.3) is 5.91 Å². The highest BCUT2D eigenvalue weighted by molar-refractivity contribution is 5.91. The summed E-state index contributed by atoms with van der Waals surface area (Å²) in [6.07, 6.45) is 5.86. The van der Waals surface area contributed by atoms with Crippen molar-refractivity contribution in [2.75, 3.05) is 6.54 Å². The second kappa shape index (κ2) is 9.67. The molecule has 3 heterocycles. The van der Waals surface area contributed by atoms with Crippen LogP contribution in [0, 0.1) is 11.3 Å². The number of nitrogens with one attached hydrogen (secondary N) is 1. The highest BCUT2D eigenvalue weighted by Gasteiger charge is 2.51. The molecule has 2 fully saturated rings. The molecule has 2 aromatic rings. The van der Waals surface area contributed by atoms with Gasteiger partial charge in [0.1, 0.15) is 6.26 Å². The van der Waals surface area contributed by atoms with E-state index in [0.717, 1.165) is 36.8 Å². The van der Waals surface area contributed by atoms with Crippen molar-refractivity contribution < 1.29 is 23.8 Å². The summed E-state index contributed by atoms with van der Waals surface area (Å²) in [5.41, 5.74) is 2.67. The fourth-order valence-electron chi connectivity index (χ4n) is 5.06. The monoisotopic (exact) mass is 454 g/mol. The lowest BCUT2D eigenvalue weighted by molar-refractivity contribution is -0.136. The quantitative estimate of drug-likeness (QED) is 0.584. The van der Waals surface area contributed by atoms with Gasteiger partial charge in [-0.3, -0.25) is 9.59 Å². The molecule has 1 aromatic carbocycles. The average Bonchev–Trinajstić information content (AvgIpc) is 3.48. The molecule has 2 aliphatic rings. The number of carbonyl (C=O) groups excluding carboxylic acids is 1. The minimum atomic E-state index is -0.793. The van der Waals surface area contributed by atoms with Crippen molar-refractivity contribution in [2.24, 2.45) is 11.3 Å². The second-order valence-electron chi connectivity index (χ2n) is 10.5. The largest absolute Gasteiger partial charge is 0.481 e. The van der Waals surface area contributed by atoms with Gasteiger partial charge in [0.15, 0.2) is 5.69 Å². The van der Waals surface area contributed by atoms with E-state index >= 15 is 0 Å². The number of ether oxygens (including phenoxy) is 1. The number of benzene rings is 1. The molecule has 2 N–H and O–H groups in total. The van der Waals surface area contributed by atoms with Gasteiger partial charge in [-0.2, -0.15) is 0 Å². The Bertz CT molecular complexity index is 993. The molecule has 1 aromatic heterocycles. The van der Waals surface area contributed by atoms with Crippen LogP contribution in [0.15, 0.2) is 34.9 Å². The number of oxazole rings is 1. The second-order valence-corrected chi connectivity index (χ2v) is 10.5. The lowest BCUT2D eigenvalue weighted by Gasteiger charge is -2.26. The Morgan fingerprint density at radius 1 is 1.15 bits per heavy atom. The summed E-state index contributed by atoms with van der Waals surface area (Å²) in [5, 5.41) is 12.0. The van der Waals surface area contributed by atoms with Crippen LogP contribution < -0.4 is 5.32 Å². The Morgan fingerprint density at radius 2 is 1.88 bits per heavy atom. The molecule has 2 aliphatic heterocycles. The first-order valence-electron chi connectivity index (χ1n) is 11.9. The molecule has 7 heteroatoms. The van der Waals surface area contributed by atoms with E-state index < -0.39 is 5.97 Å². The summed E-state index contributed by atoms with van der Waals surface area (Å²) in [6.45, 7) is 7.02. The van der Waals surface area contributed by atoms with Crippen molar-refractivity contribution in [3.8, 4) is 0 Å². The van der Waals surface area contributed by atoms with Crippen LogP contribution in [0.1, 0.15) is 79.9 Å². The number of hydrogen-bond acceptors (Lipinski definition) is 5. The molecular formula is C26H34N2O5. The van der Waals surface area contributed by atoms with Gasteiger partial charge in [0.05, 0.1) is 18.1 Å². The van der Waals surface area contributed by atoms with Gasteiger partial charge in [-0.15, -0.1) is 0 Å². The molecule has 0 saturated carbocycles. The number of aryl methyl sites for hydroxylation is 1. The maximum Gasteiger partial charge on any atom is 0.303 e. The van der Waals surface area contributed by atoms with Crippen LogP contribution in [0.2, 0.25) is 0 Å². The zero-order valence-electron chi connectivity index (χ0n) is 19.7. The lowest BCUT2D eigenvalue weighted by atomic mass is 9.75. The fraction of sp³-hybridized carbons (Fsp3) is 0.577.